The van der Waals surface area contributed by atoms with E-state index in [1.807, 2.05) is 42.5 Å². The van der Waals surface area contributed by atoms with Crippen LogP contribution in [0.4, 0.5) is 0 Å². The molecule has 57 heavy (non-hydrogen) atoms. The minimum atomic E-state index is 0.644. The molecule has 0 N–H and O–H groups in total. The van der Waals surface area contributed by atoms with Gasteiger partial charge in [0, 0.05) is 49.2 Å². The quantitative estimate of drug-likeness (QED) is 0.177. The fourth-order valence-corrected chi connectivity index (χ4v) is 8.65. The van der Waals surface area contributed by atoms with Crippen molar-refractivity contribution in [1.29, 1.82) is 0 Å². The molecule has 0 radical (unpaired) electrons. The minimum Gasteiger partial charge on any atom is -0.454 e. The van der Waals surface area contributed by atoms with Crippen LogP contribution in [0.5, 0.6) is 0 Å². The molecule has 0 amide bonds. The first kappa shape index (κ1) is 31.6. The summed E-state index contributed by atoms with van der Waals surface area (Å²) in [7, 11) is 0. The van der Waals surface area contributed by atoms with Crippen molar-refractivity contribution >= 4 is 65.8 Å². The molecule has 8 aromatic carbocycles. The van der Waals surface area contributed by atoms with Crippen molar-refractivity contribution in [2.24, 2.45) is 0 Å². The molecule has 266 valence electrons. The fraction of sp³-hybridized carbons (Fsp3) is 0. The van der Waals surface area contributed by atoms with E-state index in [9.17, 15) is 0 Å². The topological polar surface area (TPSA) is 57.0 Å². The molecule has 0 spiro atoms. The van der Waals surface area contributed by atoms with Crippen LogP contribution < -0.4 is 0 Å². The Hall–Kier alpha value is -7.76. The maximum absolute atomic E-state index is 6.82. The molecule has 0 saturated carbocycles. The van der Waals surface area contributed by atoms with Crippen LogP contribution in [0.1, 0.15) is 0 Å². The Morgan fingerprint density at radius 3 is 1.60 bits per heavy atom. The molecule has 0 bridgehead atoms. The van der Waals surface area contributed by atoms with Crippen molar-refractivity contribution in [3.63, 3.8) is 0 Å². The van der Waals surface area contributed by atoms with Crippen LogP contribution in [0.3, 0.4) is 0 Å². The molecule has 5 nitrogen and oxygen atoms in total. The predicted octanol–water partition coefficient (Wildman–Crippen LogP) is 14.0. The molecule has 0 aliphatic rings. The van der Waals surface area contributed by atoms with E-state index in [1.165, 1.54) is 0 Å². The monoisotopic (exact) mass is 729 g/mol. The number of fused-ring (bicyclic) bond motifs is 10. The summed E-state index contributed by atoms with van der Waals surface area (Å²) in [5, 5.41) is 5.43. The van der Waals surface area contributed by atoms with Gasteiger partial charge in [-0.1, -0.05) is 146 Å². The zero-order valence-corrected chi connectivity index (χ0v) is 30.6. The van der Waals surface area contributed by atoms with Crippen molar-refractivity contribution < 1.29 is 8.83 Å². The van der Waals surface area contributed by atoms with Crippen LogP contribution in [0.15, 0.2) is 197 Å². The highest BCUT2D eigenvalue weighted by atomic mass is 16.3. The molecule has 0 unspecified atom stereocenters. The van der Waals surface area contributed by atoms with Gasteiger partial charge in [-0.15, -0.1) is 0 Å². The van der Waals surface area contributed by atoms with Crippen LogP contribution in [-0.4, -0.2) is 14.5 Å². The second-order valence-electron chi connectivity index (χ2n) is 14.5. The maximum atomic E-state index is 6.82. The number of hydrogen-bond donors (Lipinski definition) is 0. The summed E-state index contributed by atoms with van der Waals surface area (Å²) in [6.07, 6.45) is 0. The number of aromatic nitrogens is 3. The number of benzene rings is 8. The van der Waals surface area contributed by atoms with Crippen LogP contribution in [0.25, 0.3) is 116 Å². The lowest BCUT2D eigenvalue weighted by atomic mass is 9.91. The first-order chi connectivity index (χ1) is 28.3. The number of rotatable bonds is 5. The van der Waals surface area contributed by atoms with Gasteiger partial charge in [0.1, 0.15) is 22.4 Å². The van der Waals surface area contributed by atoms with E-state index in [2.05, 4.69) is 150 Å². The third-order valence-corrected chi connectivity index (χ3v) is 11.2. The lowest BCUT2D eigenvalue weighted by molar-refractivity contribution is 0.667. The van der Waals surface area contributed by atoms with Gasteiger partial charge in [-0.05, 0) is 53.6 Å². The first-order valence-corrected chi connectivity index (χ1v) is 19.2. The van der Waals surface area contributed by atoms with E-state index in [1.54, 1.807) is 0 Å². The Morgan fingerprint density at radius 1 is 0.386 bits per heavy atom. The molecule has 4 heterocycles. The van der Waals surface area contributed by atoms with Crippen LogP contribution in [0.2, 0.25) is 0 Å². The van der Waals surface area contributed by atoms with Crippen molar-refractivity contribution in [1.82, 2.24) is 14.5 Å². The molecule has 0 fully saturated rings. The third kappa shape index (κ3) is 4.82. The van der Waals surface area contributed by atoms with Gasteiger partial charge in [-0.25, -0.2) is 9.97 Å². The minimum absolute atomic E-state index is 0.644. The average Bonchev–Trinajstić information content (AvgIpc) is 3.96. The van der Waals surface area contributed by atoms with E-state index in [-0.39, 0.29) is 0 Å². The molecule has 12 rings (SSSR count). The highest BCUT2D eigenvalue weighted by Gasteiger charge is 2.26. The smallest absolute Gasteiger partial charge is 0.180 e. The fourth-order valence-electron chi connectivity index (χ4n) is 8.65. The molecular weight excluding hydrogens is 699 g/mol. The van der Waals surface area contributed by atoms with Gasteiger partial charge in [0.15, 0.2) is 17.0 Å². The number of nitrogens with zero attached hydrogens (tertiary/aromatic N) is 3. The molecule has 4 aromatic heterocycles. The van der Waals surface area contributed by atoms with Crippen LogP contribution >= 0.6 is 0 Å². The summed E-state index contributed by atoms with van der Waals surface area (Å²) in [4.78, 5) is 10.5. The van der Waals surface area contributed by atoms with E-state index in [4.69, 9.17) is 18.8 Å². The van der Waals surface area contributed by atoms with Crippen LogP contribution in [0, 0.1) is 0 Å². The van der Waals surface area contributed by atoms with E-state index >= 15 is 0 Å². The summed E-state index contributed by atoms with van der Waals surface area (Å²) in [5.41, 5.74) is 14.0. The number of para-hydroxylation sites is 3. The molecule has 5 heteroatoms. The van der Waals surface area contributed by atoms with E-state index < -0.39 is 0 Å². The zero-order chi connectivity index (χ0) is 37.5. The number of furan rings is 2. The lowest BCUT2D eigenvalue weighted by Gasteiger charge is -2.21. The van der Waals surface area contributed by atoms with Gasteiger partial charge in [0.05, 0.1) is 16.7 Å². The van der Waals surface area contributed by atoms with Crippen LogP contribution in [-0.2, 0) is 0 Å². The van der Waals surface area contributed by atoms with Gasteiger partial charge in [0.25, 0.3) is 0 Å². The Labute approximate surface area is 326 Å². The summed E-state index contributed by atoms with van der Waals surface area (Å²) in [6, 6.07) is 65.6. The van der Waals surface area contributed by atoms with Crippen molar-refractivity contribution in [3.8, 4) is 50.6 Å². The average molecular weight is 730 g/mol. The second-order valence-corrected chi connectivity index (χ2v) is 14.5. The molecule has 12 aromatic rings. The van der Waals surface area contributed by atoms with E-state index in [0.29, 0.717) is 11.4 Å². The Balaban J connectivity index is 1.26. The van der Waals surface area contributed by atoms with Crippen molar-refractivity contribution in [3.05, 3.63) is 188 Å². The summed E-state index contributed by atoms with van der Waals surface area (Å²) < 4.78 is 15.9. The lowest BCUT2D eigenvalue weighted by Crippen LogP contribution is -2.03. The van der Waals surface area contributed by atoms with Gasteiger partial charge < -0.3 is 13.4 Å². The largest absolute Gasteiger partial charge is 0.454 e. The van der Waals surface area contributed by atoms with Gasteiger partial charge >= 0.3 is 0 Å². The van der Waals surface area contributed by atoms with Gasteiger partial charge in [-0.2, -0.15) is 0 Å². The molecule has 0 atom stereocenters. The van der Waals surface area contributed by atoms with Gasteiger partial charge in [-0.3, -0.25) is 0 Å². The zero-order valence-electron chi connectivity index (χ0n) is 30.6. The maximum Gasteiger partial charge on any atom is 0.180 e. The Kier molecular flexibility index (Phi) is 6.86. The standard InChI is InChI=1S/C52H31N3O2/c1-4-16-32(17-5-1)41-30-35(46-51-47(40-24-12-15-27-45(40)57-51)54-52(53-46)34-20-8-3-9-21-34)31-42(33-18-6-2-7-19-33)48(41)55-43-25-13-10-22-36(43)38-28-29-39-37-23-11-14-26-44(37)56-50(39)49(38)55/h1-31H. The first-order valence-electron chi connectivity index (χ1n) is 19.2. The second kappa shape index (κ2) is 12.4. The Morgan fingerprint density at radius 2 is 0.912 bits per heavy atom. The predicted molar refractivity (Wildman–Crippen MR) is 233 cm³/mol. The molecule has 0 aliphatic carbocycles. The summed E-state index contributed by atoms with van der Waals surface area (Å²) in [6.45, 7) is 0. The summed E-state index contributed by atoms with van der Waals surface area (Å²) in [5.74, 6) is 0.644. The molecule has 0 aliphatic heterocycles. The van der Waals surface area contributed by atoms with Crippen molar-refractivity contribution in [2.75, 3.05) is 0 Å². The highest BCUT2D eigenvalue weighted by Crippen LogP contribution is 2.47. The van der Waals surface area contributed by atoms with Crippen molar-refractivity contribution in [2.45, 2.75) is 0 Å². The third-order valence-electron chi connectivity index (χ3n) is 11.2. The summed E-state index contributed by atoms with van der Waals surface area (Å²) >= 11 is 0. The van der Waals surface area contributed by atoms with Gasteiger partial charge in [0.2, 0.25) is 0 Å². The molecular formula is C52H31N3O2. The van der Waals surface area contributed by atoms with E-state index in [0.717, 1.165) is 105 Å². The highest BCUT2D eigenvalue weighted by molar-refractivity contribution is 6.22. The SMILES string of the molecule is c1ccc(-c2nc(-c3cc(-c4ccccc4)c(-n4c5ccccc5c5ccc6c7ccccc7oc6c54)c(-c4ccccc4)c3)c3oc4ccccc4c3n2)cc1. The molecule has 0 saturated heterocycles. The normalized spacial score (nSPS) is 11.9. The Bertz CT molecular complexity index is 3450. The number of hydrogen-bond acceptors (Lipinski definition) is 4.